The van der Waals surface area contributed by atoms with Crippen LogP contribution in [-0.4, -0.2) is 41.3 Å². The number of halogens is 1. The maximum absolute atomic E-state index is 13.2. The van der Waals surface area contributed by atoms with Gasteiger partial charge >= 0.3 is 11.9 Å². The Balaban J connectivity index is 2.21. The van der Waals surface area contributed by atoms with Gasteiger partial charge in [0.1, 0.15) is 5.75 Å². The maximum Gasteiger partial charge on any atom is 0.312 e. The molecule has 1 fully saturated rings. The van der Waals surface area contributed by atoms with Gasteiger partial charge in [-0.05, 0) is 62.1 Å². The number of nitrogens with zero attached hydrogens (tertiary/aromatic N) is 1. The first-order valence-corrected chi connectivity index (χ1v) is 12.2. The van der Waals surface area contributed by atoms with E-state index in [0.29, 0.717) is 16.3 Å². The molecular weight excluding hydrogens is 480 g/mol. The predicted octanol–water partition coefficient (Wildman–Crippen LogP) is 5.36. The molecule has 3 rings (SSSR count). The molecule has 0 spiro atoms. The number of carboxylic acids is 2. The van der Waals surface area contributed by atoms with Crippen molar-refractivity contribution in [1.82, 2.24) is 5.32 Å². The molecule has 7 nitrogen and oxygen atoms in total. The van der Waals surface area contributed by atoms with Crippen LogP contribution in [0.4, 0.5) is 0 Å². The quantitative estimate of drug-likeness (QED) is 0.415. The highest BCUT2D eigenvalue weighted by atomic mass is 35.5. The van der Waals surface area contributed by atoms with E-state index in [4.69, 9.17) is 16.3 Å². The lowest BCUT2D eigenvalue weighted by Gasteiger charge is -2.57. The van der Waals surface area contributed by atoms with Gasteiger partial charge in [0, 0.05) is 29.4 Å². The molecule has 0 aliphatic carbocycles. The molecule has 2 aromatic carbocycles. The third kappa shape index (κ3) is 4.84. The molecule has 0 radical (unpaired) electrons. The normalized spacial score (nSPS) is 27.9. The highest BCUT2D eigenvalue weighted by Crippen LogP contribution is 2.59. The number of methoxy groups -OCH3 is 1. The number of ether oxygens (including phenoxy) is 1. The largest absolute Gasteiger partial charge is 0.497 e. The lowest BCUT2D eigenvalue weighted by Crippen LogP contribution is -2.69. The van der Waals surface area contributed by atoms with Gasteiger partial charge in [0.15, 0.2) is 0 Å². The van der Waals surface area contributed by atoms with Crippen molar-refractivity contribution in [2.75, 3.05) is 7.11 Å². The lowest BCUT2D eigenvalue weighted by atomic mass is 9.49. The summed E-state index contributed by atoms with van der Waals surface area (Å²) in [6, 6.07) is 15.0. The number of allylic oxidation sites excluding steroid dienone is 1. The van der Waals surface area contributed by atoms with Crippen LogP contribution in [0.15, 0.2) is 54.6 Å². The van der Waals surface area contributed by atoms with E-state index >= 15 is 0 Å². The molecule has 1 aliphatic heterocycles. The molecule has 0 amide bonds. The van der Waals surface area contributed by atoms with Gasteiger partial charge < -0.3 is 20.3 Å². The minimum Gasteiger partial charge on any atom is -0.497 e. The average Bonchev–Trinajstić information content (AvgIpc) is 2.84. The average molecular weight is 511 g/mol. The Morgan fingerprint density at radius 1 is 1.11 bits per heavy atom. The van der Waals surface area contributed by atoms with Crippen molar-refractivity contribution >= 4 is 29.6 Å². The number of carboxylic acid groups (broad SMARTS) is 2. The fourth-order valence-corrected chi connectivity index (χ4v) is 5.95. The van der Waals surface area contributed by atoms with Gasteiger partial charge in [-0.15, -0.1) is 0 Å². The smallest absolute Gasteiger partial charge is 0.312 e. The Morgan fingerprint density at radius 3 is 2.31 bits per heavy atom. The van der Waals surface area contributed by atoms with Crippen molar-refractivity contribution in [1.29, 1.82) is 5.26 Å². The van der Waals surface area contributed by atoms with Crippen LogP contribution in [-0.2, 0) is 9.59 Å². The number of rotatable bonds is 9. The van der Waals surface area contributed by atoms with Crippen molar-refractivity contribution in [3.63, 3.8) is 0 Å². The van der Waals surface area contributed by atoms with Gasteiger partial charge in [-0.25, -0.2) is 0 Å². The molecule has 5 unspecified atom stereocenters. The molecule has 0 aromatic heterocycles. The topological polar surface area (TPSA) is 120 Å². The monoisotopic (exact) mass is 510 g/mol. The molecule has 1 aliphatic rings. The van der Waals surface area contributed by atoms with Crippen LogP contribution in [0, 0.1) is 22.2 Å². The first-order valence-electron chi connectivity index (χ1n) is 11.8. The summed E-state index contributed by atoms with van der Waals surface area (Å²) in [6.45, 7) is 3.53. The Labute approximate surface area is 216 Å². The number of nitriles is 1. The Hall–Kier alpha value is -3.34. The summed E-state index contributed by atoms with van der Waals surface area (Å²) in [7, 11) is 1.58. The van der Waals surface area contributed by atoms with Crippen molar-refractivity contribution in [2.45, 2.75) is 51.1 Å². The van der Waals surface area contributed by atoms with Crippen LogP contribution in [0.2, 0.25) is 5.02 Å². The van der Waals surface area contributed by atoms with E-state index < -0.39 is 40.8 Å². The molecule has 0 saturated carbocycles. The van der Waals surface area contributed by atoms with Crippen LogP contribution in [0.25, 0.3) is 6.08 Å². The summed E-state index contributed by atoms with van der Waals surface area (Å²) in [6.07, 6.45) is 3.63. The van der Waals surface area contributed by atoms with E-state index in [9.17, 15) is 25.1 Å². The number of benzene rings is 2. The SMILES string of the molecule is COc1ccc(C=CCC2(C(=O)O)C(C)NC(C)C(CCC#N)(C(=O)O)C2c2cccc(Cl)c2)cc1. The van der Waals surface area contributed by atoms with Crippen LogP contribution >= 0.6 is 11.6 Å². The van der Waals surface area contributed by atoms with Gasteiger partial charge in [0.2, 0.25) is 0 Å². The van der Waals surface area contributed by atoms with Gasteiger partial charge in [-0.3, -0.25) is 9.59 Å². The zero-order valence-corrected chi connectivity index (χ0v) is 21.3. The number of aliphatic carboxylic acids is 2. The molecule has 1 heterocycles. The summed E-state index contributed by atoms with van der Waals surface area (Å²) in [4.78, 5) is 26.2. The molecule has 2 aromatic rings. The first kappa shape index (κ1) is 27.3. The van der Waals surface area contributed by atoms with Gasteiger partial charge in [-0.2, -0.15) is 5.26 Å². The number of hydrogen-bond donors (Lipinski definition) is 3. The van der Waals surface area contributed by atoms with Gasteiger partial charge in [0.25, 0.3) is 0 Å². The zero-order chi connectivity index (χ0) is 26.5. The molecule has 3 N–H and O–H groups in total. The molecule has 190 valence electrons. The third-order valence-electron chi connectivity index (χ3n) is 7.59. The fraction of sp³-hybridized carbons (Fsp3) is 0.393. The minimum absolute atomic E-state index is 0.00583. The lowest BCUT2D eigenvalue weighted by molar-refractivity contribution is -0.172. The van der Waals surface area contributed by atoms with E-state index in [0.717, 1.165) is 5.56 Å². The first-order chi connectivity index (χ1) is 17.1. The molecule has 8 heteroatoms. The Bertz CT molecular complexity index is 1180. The third-order valence-corrected chi connectivity index (χ3v) is 7.82. The molecule has 1 saturated heterocycles. The molecule has 36 heavy (non-hydrogen) atoms. The second-order valence-corrected chi connectivity index (χ2v) is 9.76. The molecule has 0 bridgehead atoms. The zero-order valence-electron chi connectivity index (χ0n) is 20.6. The van der Waals surface area contributed by atoms with E-state index in [1.165, 1.54) is 0 Å². The van der Waals surface area contributed by atoms with Crippen molar-refractivity contribution in [2.24, 2.45) is 10.8 Å². The van der Waals surface area contributed by atoms with E-state index in [2.05, 4.69) is 11.4 Å². The summed E-state index contributed by atoms with van der Waals surface area (Å²) in [5.41, 5.74) is -1.70. The van der Waals surface area contributed by atoms with Gasteiger partial charge in [-0.1, -0.05) is 48.0 Å². The number of hydrogen-bond acceptors (Lipinski definition) is 5. The van der Waals surface area contributed by atoms with Crippen LogP contribution < -0.4 is 10.1 Å². The summed E-state index contributed by atoms with van der Waals surface area (Å²) in [5, 5.41) is 34.4. The van der Waals surface area contributed by atoms with Crippen molar-refractivity contribution in [3.8, 4) is 11.8 Å². The highest BCUT2D eigenvalue weighted by molar-refractivity contribution is 6.30. The van der Waals surface area contributed by atoms with Crippen molar-refractivity contribution in [3.05, 3.63) is 70.8 Å². The maximum atomic E-state index is 13.2. The summed E-state index contributed by atoms with van der Waals surface area (Å²) >= 11 is 6.31. The molecule has 5 atom stereocenters. The van der Waals surface area contributed by atoms with E-state index in [-0.39, 0.29) is 19.3 Å². The van der Waals surface area contributed by atoms with Gasteiger partial charge in [0.05, 0.1) is 24.0 Å². The van der Waals surface area contributed by atoms with Crippen LogP contribution in [0.1, 0.15) is 50.2 Å². The number of piperidine rings is 1. The Morgan fingerprint density at radius 2 is 1.75 bits per heavy atom. The van der Waals surface area contributed by atoms with Crippen LogP contribution in [0.3, 0.4) is 0 Å². The fourth-order valence-electron chi connectivity index (χ4n) is 5.75. The number of carbonyl (C=O) groups is 2. The van der Waals surface area contributed by atoms with E-state index in [1.54, 1.807) is 51.3 Å². The second-order valence-electron chi connectivity index (χ2n) is 9.33. The summed E-state index contributed by atoms with van der Waals surface area (Å²) < 4.78 is 5.19. The Kier molecular flexibility index (Phi) is 8.44. The molecular formula is C28H31ClN2O5. The second kappa shape index (κ2) is 11.2. The highest BCUT2D eigenvalue weighted by Gasteiger charge is 2.66. The van der Waals surface area contributed by atoms with E-state index in [1.807, 2.05) is 30.3 Å². The summed E-state index contributed by atoms with van der Waals surface area (Å²) in [5.74, 6) is -2.50. The predicted molar refractivity (Wildman–Crippen MR) is 138 cm³/mol. The minimum atomic E-state index is -1.56. The number of nitrogens with one attached hydrogen (secondary N) is 1. The van der Waals surface area contributed by atoms with Crippen LogP contribution in [0.5, 0.6) is 5.75 Å². The standard InChI is InChI=1S/C28H31ClN2O5/c1-18-27(25(32)33,14-5-7-20-10-12-23(36-3)13-11-20)24(21-8-4-9-22(29)17-21)28(26(34)35,15-6-16-30)19(2)31-18/h4-5,7-13,17-19,24,31H,6,14-15H2,1-3H3,(H,32,33)(H,34,35). The van der Waals surface area contributed by atoms with Crippen molar-refractivity contribution < 1.29 is 24.5 Å².